The van der Waals surface area contributed by atoms with E-state index >= 15 is 0 Å². The second-order valence-electron chi connectivity index (χ2n) is 7.45. The average Bonchev–Trinajstić information content (AvgIpc) is 2.80. The molecule has 0 heterocycles. The van der Waals surface area contributed by atoms with Gasteiger partial charge in [0.15, 0.2) is 0 Å². The molecule has 0 radical (unpaired) electrons. The van der Waals surface area contributed by atoms with E-state index < -0.39 is 10.0 Å². The van der Waals surface area contributed by atoms with E-state index in [4.69, 9.17) is 4.74 Å². The molecular formula is C25H28N2O4S. The van der Waals surface area contributed by atoms with Crippen LogP contribution >= 0.6 is 0 Å². The van der Waals surface area contributed by atoms with Crippen LogP contribution in [0.25, 0.3) is 0 Å². The monoisotopic (exact) mass is 452 g/mol. The Morgan fingerprint density at radius 3 is 2.22 bits per heavy atom. The first-order valence-corrected chi connectivity index (χ1v) is 12.0. The fourth-order valence-electron chi connectivity index (χ4n) is 3.06. The van der Waals surface area contributed by atoms with Gasteiger partial charge in [-0.05, 0) is 60.5 Å². The first-order chi connectivity index (χ1) is 15.4. The fraction of sp³-hybridized carbons (Fsp3) is 0.240. The van der Waals surface area contributed by atoms with Crippen LogP contribution in [0.1, 0.15) is 35.7 Å². The highest BCUT2D eigenvalue weighted by Gasteiger charge is 2.21. The first kappa shape index (κ1) is 23.5. The lowest BCUT2D eigenvalue weighted by Crippen LogP contribution is -2.26. The second kappa shape index (κ2) is 10.9. The van der Waals surface area contributed by atoms with Crippen molar-refractivity contribution in [1.82, 2.24) is 4.31 Å². The quantitative estimate of drug-likeness (QED) is 0.442. The third-order valence-electron chi connectivity index (χ3n) is 4.95. The van der Waals surface area contributed by atoms with E-state index in [9.17, 15) is 13.2 Å². The number of rotatable bonds is 10. The van der Waals surface area contributed by atoms with Crippen LogP contribution in [0.2, 0.25) is 0 Å². The number of hydrogen-bond acceptors (Lipinski definition) is 4. The van der Waals surface area contributed by atoms with Crippen molar-refractivity contribution in [2.45, 2.75) is 31.2 Å². The minimum Gasteiger partial charge on any atom is -0.494 e. The second-order valence-corrected chi connectivity index (χ2v) is 9.50. The van der Waals surface area contributed by atoms with Gasteiger partial charge in [-0.1, -0.05) is 43.7 Å². The number of unbranched alkanes of at least 4 members (excludes halogenated alkanes) is 1. The van der Waals surface area contributed by atoms with Crippen molar-refractivity contribution in [2.75, 3.05) is 19.0 Å². The van der Waals surface area contributed by atoms with Crippen LogP contribution in [0.3, 0.4) is 0 Å². The number of benzene rings is 3. The SMILES string of the molecule is CCCCOc1ccc(C(=O)Nc2ccc(S(=O)(=O)N(C)Cc3ccccc3)cc2)cc1. The van der Waals surface area contributed by atoms with E-state index in [2.05, 4.69) is 12.2 Å². The van der Waals surface area contributed by atoms with E-state index in [1.54, 1.807) is 43.4 Å². The summed E-state index contributed by atoms with van der Waals surface area (Å²) in [4.78, 5) is 12.7. The molecule has 0 saturated heterocycles. The minimum absolute atomic E-state index is 0.169. The number of nitrogens with zero attached hydrogens (tertiary/aromatic N) is 1. The van der Waals surface area contributed by atoms with Crippen molar-refractivity contribution < 1.29 is 17.9 Å². The summed E-state index contributed by atoms with van der Waals surface area (Å²) in [6.45, 7) is 3.03. The zero-order valence-electron chi connectivity index (χ0n) is 18.3. The lowest BCUT2D eigenvalue weighted by molar-refractivity contribution is 0.102. The van der Waals surface area contributed by atoms with Crippen molar-refractivity contribution in [2.24, 2.45) is 0 Å². The van der Waals surface area contributed by atoms with Gasteiger partial charge in [-0.2, -0.15) is 4.31 Å². The summed E-state index contributed by atoms with van der Waals surface area (Å²) in [5.74, 6) is 0.450. The Balaban J connectivity index is 1.61. The van der Waals surface area contributed by atoms with Crippen LogP contribution in [-0.4, -0.2) is 32.3 Å². The third-order valence-corrected chi connectivity index (χ3v) is 6.77. The summed E-state index contributed by atoms with van der Waals surface area (Å²) in [5, 5.41) is 2.79. The molecule has 0 unspecified atom stereocenters. The Labute approximate surface area is 189 Å². The molecule has 168 valence electrons. The number of anilines is 1. The van der Waals surface area contributed by atoms with Gasteiger partial charge in [-0.25, -0.2) is 8.42 Å². The Hall–Kier alpha value is -3.16. The van der Waals surface area contributed by atoms with Crippen LogP contribution in [0, 0.1) is 0 Å². The zero-order chi connectivity index (χ0) is 23.0. The maximum atomic E-state index is 12.8. The van der Waals surface area contributed by atoms with Crippen molar-refractivity contribution >= 4 is 21.6 Å². The Morgan fingerprint density at radius 2 is 1.59 bits per heavy atom. The third kappa shape index (κ3) is 6.18. The van der Waals surface area contributed by atoms with E-state index in [0.717, 1.165) is 24.2 Å². The van der Waals surface area contributed by atoms with Crippen molar-refractivity contribution in [3.05, 3.63) is 90.0 Å². The molecule has 6 nitrogen and oxygen atoms in total. The molecular weight excluding hydrogens is 424 g/mol. The molecule has 0 saturated carbocycles. The van der Waals surface area contributed by atoms with Gasteiger partial charge in [0.05, 0.1) is 11.5 Å². The topological polar surface area (TPSA) is 75.7 Å². The van der Waals surface area contributed by atoms with Gasteiger partial charge in [0.2, 0.25) is 10.0 Å². The Kier molecular flexibility index (Phi) is 8.03. The highest BCUT2D eigenvalue weighted by atomic mass is 32.2. The number of amides is 1. The number of carbonyl (C=O) groups excluding carboxylic acids is 1. The molecule has 0 aliphatic carbocycles. The van der Waals surface area contributed by atoms with Gasteiger partial charge in [-0.3, -0.25) is 4.79 Å². The normalized spacial score (nSPS) is 11.3. The van der Waals surface area contributed by atoms with Gasteiger partial charge in [0, 0.05) is 24.8 Å². The van der Waals surface area contributed by atoms with Crippen LogP contribution < -0.4 is 10.1 Å². The van der Waals surface area contributed by atoms with Gasteiger partial charge >= 0.3 is 0 Å². The lowest BCUT2D eigenvalue weighted by atomic mass is 10.2. The summed E-state index contributed by atoms with van der Waals surface area (Å²) in [5.41, 5.74) is 1.92. The largest absolute Gasteiger partial charge is 0.494 e. The Bertz CT molecular complexity index is 1110. The highest BCUT2D eigenvalue weighted by Crippen LogP contribution is 2.20. The van der Waals surface area contributed by atoms with Crippen LogP contribution in [0.5, 0.6) is 5.75 Å². The molecule has 3 aromatic carbocycles. The molecule has 7 heteroatoms. The predicted octanol–water partition coefficient (Wildman–Crippen LogP) is 4.94. The molecule has 0 aliphatic heterocycles. The molecule has 0 aromatic heterocycles. The zero-order valence-corrected chi connectivity index (χ0v) is 19.1. The maximum Gasteiger partial charge on any atom is 0.255 e. The summed E-state index contributed by atoms with van der Waals surface area (Å²) in [6, 6.07) is 22.5. The van der Waals surface area contributed by atoms with Gasteiger partial charge in [0.25, 0.3) is 5.91 Å². The van der Waals surface area contributed by atoms with Crippen molar-refractivity contribution in [3.63, 3.8) is 0 Å². The molecule has 0 fully saturated rings. The number of sulfonamides is 1. The Morgan fingerprint density at radius 1 is 0.938 bits per heavy atom. The fourth-order valence-corrected chi connectivity index (χ4v) is 4.21. The highest BCUT2D eigenvalue weighted by molar-refractivity contribution is 7.89. The molecule has 1 amide bonds. The maximum absolute atomic E-state index is 12.8. The van der Waals surface area contributed by atoms with E-state index in [-0.39, 0.29) is 17.3 Å². The van der Waals surface area contributed by atoms with E-state index in [1.807, 2.05) is 30.3 Å². The van der Waals surface area contributed by atoms with E-state index in [1.165, 1.54) is 16.4 Å². The van der Waals surface area contributed by atoms with Gasteiger partial charge in [0.1, 0.15) is 5.75 Å². The summed E-state index contributed by atoms with van der Waals surface area (Å²) >= 11 is 0. The van der Waals surface area contributed by atoms with E-state index in [0.29, 0.717) is 17.9 Å². The lowest BCUT2D eigenvalue weighted by Gasteiger charge is -2.17. The molecule has 3 rings (SSSR count). The predicted molar refractivity (Wildman–Crippen MR) is 126 cm³/mol. The van der Waals surface area contributed by atoms with Crippen molar-refractivity contribution in [1.29, 1.82) is 0 Å². The summed E-state index contributed by atoms with van der Waals surface area (Å²) in [7, 11) is -2.09. The summed E-state index contributed by atoms with van der Waals surface area (Å²) < 4.78 is 32.6. The first-order valence-electron chi connectivity index (χ1n) is 10.5. The minimum atomic E-state index is -3.64. The number of carbonyl (C=O) groups is 1. The number of ether oxygens (including phenoxy) is 1. The summed E-state index contributed by atoms with van der Waals surface area (Å²) in [6.07, 6.45) is 2.04. The number of nitrogens with one attached hydrogen (secondary N) is 1. The molecule has 0 atom stereocenters. The molecule has 0 bridgehead atoms. The number of hydrogen-bond donors (Lipinski definition) is 1. The standard InChI is InChI=1S/C25H28N2O4S/c1-3-4-18-31-23-14-10-21(11-15-23)25(28)26-22-12-16-24(17-13-22)32(29,30)27(2)19-20-8-6-5-7-9-20/h5-17H,3-4,18-19H2,1-2H3,(H,26,28). The molecule has 0 aliphatic rings. The van der Waals surface area contributed by atoms with Gasteiger partial charge < -0.3 is 10.1 Å². The molecule has 3 aromatic rings. The smallest absolute Gasteiger partial charge is 0.255 e. The van der Waals surface area contributed by atoms with Crippen molar-refractivity contribution in [3.8, 4) is 5.75 Å². The van der Waals surface area contributed by atoms with Crippen LogP contribution in [-0.2, 0) is 16.6 Å². The average molecular weight is 453 g/mol. The molecule has 0 spiro atoms. The van der Waals surface area contributed by atoms with Gasteiger partial charge in [-0.15, -0.1) is 0 Å². The van der Waals surface area contributed by atoms with Crippen LogP contribution in [0.15, 0.2) is 83.8 Å². The molecule has 1 N–H and O–H groups in total. The van der Waals surface area contributed by atoms with Crippen LogP contribution in [0.4, 0.5) is 5.69 Å². The molecule has 32 heavy (non-hydrogen) atoms.